The number of aromatic nitrogens is 2. The summed E-state index contributed by atoms with van der Waals surface area (Å²) < 4.78 is 4.89. The average molecular weight is 344 g/mol. The number of aryl methyl sites for hydroxylation is 1. The van der Waals surface area contributed by atoms with Crippen LogP contribution in [0, 0.1) is 6.92 Å². The van der Waals surface area contributed by atoms with E-state index in [-0.39, 0.29) is 5.91 Å². The molecule has 0 saturated heterocycles. The molecule has 0 aliphatic heterocycles. The van der Waals surface area contributed by atoms with Gasteiger partial charge in [0, 0.05) is 16.0 Å². The highest BCUT2D eigenvalue weighted by molar-refractivity contribution is 9.10. The number of benzene rings is 1. The summed E-state index contributed by atoms with van der Waals surface area (Å²) in [6.07, 6.45) is 1.89. The molecule has 0 aliphatic carbocycles. The standard InChI is InChI=1S/C11H10BrN3OS2/c1-6-4-3-5-7(8(6)12)9(16)13-10-14-11(17-2)15-18-10/h3-5H,1-2H3,(H,13,14,15,16). The first-order valence-corrected chi connectivity index (χ1v) is 7.85. The van der Waals surface area contributed by atoms with Gasteiger partial charge in [0.1, 0.15) is 0 Å². The average Bonchev–Trinajstić information content (AvgIpc) is 2.80. The van der Waals surface area contributed by atoms with Crippen molar-refractivity contribution in [3.63, 3.8) is 0 Å². The molecule has 1 amide bonds. The Morgan fingerprint density at radius 3 is 2.94 bits per heavy atom. The zero-order valence-corrected chi connectivity index (χ0v) is 12.9. The Morgan fingerprint density at radius 1 is 1.50 bits per heavy atom. The van der Waals surface area contributed by atoms with Crippen LogP contribution in [0.4, 0.5) is 5.13 Å². The second-order valence-corrected chi connectivity index (χ2v) is 5.80. The monoisotopic (exact) mass is 343 g/mol. The van der Waals surface area contributed by atoms with E-state index in [1.54, 1.807) is 6.07 Å². The van der Waals surface area contributed by atoms with Gasteiger partial charge in [-0.25, -0.2) is 0 Å². The molecule has 2 rings (SSSR count). The van der Waals surface area contributed by atoms with Crippen LogP contribution in [0.15, 0.2) is 27.8 Å². The zero-order chi connectivity index (χ0) is 13.1. The van der Waals surface area contributed by atoms with E-state index in [0.29, 0.717) is 15.9 Å². The molecule has 4 nitrogen and oxygen atoms in total. The van der Waals surface area contributed by atoms with Crippen LogP contribution in [0.25, 0.3) is 0 Å². The second kappa shape index (κ2) is 5.81. The topological polar surface area (TPSA) is 54.9 Å². The van der Waals surface area contributed by atoms with Crippen LogP contribution in [0.3, 0.4) is 0 Å². The van der Waals surface area contributed by atoms with E-state index in [1.165, 1.54) is 23.3 Å². The van der Waals surface area contributed by atoms with Crippen molar-refractivity contribution in [3.8, 4) is 0 Å². The number of halogens is 1. The molecule has 0 bridgehead atoms. The summed E-state index contributed by atoms with van der Waals surface area (Å²) in [7, 11) is 0. The highest BCUT2D eigenvalue weighted by atomic mass is 79.9. The van der Waals surface area contributed by atoms with Crippen LogP contribution in [-0.4, -0.2) is 21.5 Å². The minimum absolute atomic E-state index is 0.186. The first kappa shape index (κ1) is 13.5. The van der Waals surface area contributed by atoms with Crippen molar-refractivity contribution < 1.29 is 4.79 Å². The largest absolute Gasteiger partial charge is 0.297 e. The molecule has 0 aliphatic rings. The van der Waals surface area contributed by atoms with Crippen molar-refractivity contribution in [2.45, 2.75) is 12.1 Å². The van der Waals surface area contributed by atoms with E-state index in [0.717, 1.165) is 10.0 Å². The number of hydrogen-bond acceptors (Lipinski definition) is 5. The summed E-state index contributed by atoms with van der Waals surface area (Å²) in [5.74, 6) is -0.186. The molecule has 7 heteroatoms. The number of thioether (sulfide) groups is 1. The number of carbonyl (C=O) groups excluding carboxylic acids is 1. The van der Waals surface area contributed by atoms with Crippen molar-refractivity contribution in [3.05, 3.63) is 33.8 Å². The summed E-state index contributed by atoms with van der Waals surface area (Å²) in [5.41, 5.74) is 1.61. The van der Waals surface area contributed by atoms with Gasteiger partial charge in [0.15, 0.2) is 0 Å². The van der Waals surface area contributed by atoms with Crippen LogP contribution in [0.2, 0.25) is 0 Å². The van der Waals surface area contributed by atoms with Crippen LogP contribution < -0.4 is 5.32 Å². The molecule has 0 spiro atoms. The maximum Gasteiger partial charge on any atom is 0.258 e. The van der Waals surface area contributed by atoms with Crippen LogP contribution in [-0.2, 0) is 0 Å². The first-order chi connectivity index (χ1) is 8.61. The molecule has 0 unspecified atom stereocenters. The third-order valence-corrected chi connectivity index (χ3v) is 4.59. The van der Waals surface area contributed by atoms with Crippen LogP contribution >= 0.6 is 39.2 Å². The summed E-state index contributed by atoms with van der Waals surface area (Å²) in [4.78, 5) is 16.2. The number of carbonyl (C=O) groups is 1. The number of nitrogens with zero attached hydrogens (tertiary/aromatic N) is 2. The van der Waals surface area contributed by atoms with Crippen molar-refractivity contribution in [2.24, 2.45) is 0 Å². The third-order valence-electron chi connectivity index (χ3n) is 2.25. The minimum atomic E-state index is -0.186. The van der Waals surface area contributed by atoms with Gasteiger partial charge in [-0.3, -0.25) is 10.1 Å². The van der Waals surface area contributed by atoms with Crippen molar-refractivity contribution in [1.82, 2.24) is 9.36 Å². The van der Waals surface area contributed by atoms with Gasteiger partial charge < -0.3 is 0 Å². The lowest BCUT2D eigenvalue weighted by molar-refractivity contribution is 0.102. The predicted octanol–water partition coefficient (Wildman–Crippen LogP) is 3.58. The minimum Gasteiger partial charge on any atom is -0.297 e. The van der Waals surface area contributed by atoms with Crippen molar-refractivity contribution in [2.75, 3.05) is 11.6 Å². The van der Waals surface area contributed by atoms with Gasteiger partial charge in [-0.15, -0.1) is 0 Å². The fraction of sp³-hybridized carbons (Fsp3) is 0.182. The molecule has 94 valence electrons. The smallest absolute Gasteiger partial charge is 0.258 e. The molecule has 2 aromatic rings. The second-order valence-electron chi connectivity index (χ2n) is 3.48. The normalized spacial score (nSPS) is 10.4. The Labute approximate surface area is 122 Å². The van der Waals surface area contributed by atoms with Gasteiger partial charge in [-0.05, 0) is 40.7 Å². The fourth-order valence-corrected chi connectivity index (χ4v) is 2.90. The number of rotatable bonds is 3. The maximum absolute atomic E-state index is 12.1. The van der Waals surface area contributed by atoms with Crippen molar-refractivity contribution in [1.29, 1.82) is 0 Å². The summed E-state index contributed by atoms with van der Waals surface area (Å²) in [5, 5.41) is 3.92. The molecular weight excluding hydrogens is 334 g/mol. The van der Waals surface area contributed by atoms with E-state index in [2.05, 4.69) is 30.6 Å². The summed E-state index contributed by atoms with van der Waals surface area (Å²) in [6.45, 7) is 1.94. The molecule has 1 aromatic heterocycles. The molecule has 0 atom stereocenters. The van der Waals surface area contributed by atoms with Gasteiger partial charge in [0.25, 0.3) is 5.91 Å². The number of anilines is 1. The van der Waals surface area contributed by atoms with Gasteiger partial charge >= 0.3 is 0 Å². The first-order valence-electron chi connectivity index (χ1n) is 5.06. The molecule has 0 fully saturated rings. The molecule has 1 heterocycles. The Kier molecular flexibility index (Phi) is 4.36. The van der Waals surface area contributed by atoms with Crippen molar-refractivity contribution >= 4 is 50.3 Å². The molecule has 18 heavy (non-hydrogen) atoms. The van der Waals surface area contributed by atoms with Gasteiger partial charge in [-0.2, -0.15) is 9.36 Å². The van der Waals surface area contributed by atoms with Gasteiger partial charge in [-0.1, -0.05) is 23.9 Å². The Hall–Kier alpha value is -0.920. The SMILES string of the molecule is CSc1nsc(NC(=O)c2cccc(C)c2Br)n1. The number of amides is 1. The van der Waals surface area contributed by atoms with Gasteiger partial charge in [0.2, 0.25) is 10.3 Å². The highest BCUT2D eigenvalue weighted by Crippen LogP contribution is 2.23. The van der Waals surface area contributed by atoms with Gasteiger partial charge in [0.05, 0.1) is 5.56 Å². The Balaban J connectivity index is 2.19. The molecule has 1 N–H and O–H groups in total. The number of hydrogen-bond donors (Lipinski definition) is 1. The van der Waals surface area contributed by atoms with E-state index in [1.807, 2.05) is 25.3 Å². The molecule has 0 radical (unpaired) electrons. The number of nitrogens with one attached hydrogen (secondary N) is 1. The summed E-state index contributed by atoms with van der Waals surface area (Å²) >= 11 is 6.04. The van der Waals surface area contributed by atoms with E-state index < -0.39 is 0 Å². The Morgan fingerprint density at radius 2 is 2.28 bits per heavy atom. The fourth-order valence-electron chi connectivity index (χ4n) is 1.33. The van der Waals surface area contributed by atoms with Crippen LogP contribution in [0.5, 0.6) is 0 Å². The predicted molar refractivity (Wildman–Crippen MR) is 78.5 cm³/mol. The molecular formula is C11H10BrN3OS2. The zero-order valence-electron chi connectivity index (χ0n) is 9.73. The van der Waals surface area contributed by atoms with E-state index in [9.17, 15) is 4.79 Å². The lowest BCUT2D eigenvalue weighted by Gasteiger charge is -2.05. The van der Waals surface area contributed by atoms with E-state index >= 15 is 0 Å². The Bertz CT molecular complexity index is 585. The summed E-state index contributed by atoms with van der Waals surface area (Å²) in [6, 6.07) is 5.56. The highest BCUT2D eigenvalue weighted by Gasteiger charge is 2.13. The quantitative estimate of drug-likeness (QED) is 0.865. The third kappa shape index (κ3) is 2.90. The lowest BCUT2D eigenvalue weighted by Crippen LogP contribution is -2.12. The molecule has 0 saturated carbocycles. The van der Waals surface area contributed by atoms with Crippen LogP contribution in [0.1, 0.15) is 15.9 Å². The maximum atomic E-state index is 12.1. The molecule has 1 aromatic carbocycles. The lowest BCUT2D eigenvalue weighted by atomic mass is 10.1. The van der Waals surface area contributed by atoms with E-state index in [4.69, 9.17) is 0 Å².